The predicted molar refractivity (Wildman–Crippen MR) is 114 cm³/mol. The number of hydrogen-bond acceptors (Lipinski definition) is 2. The highest BCUT2D eigenvalue weighted by atomic mass is 35.5. The summed E-state index contributed by atoms with van der Waals surface area (Å²) in [6.07, 6.45) is 0.988. The minimum absolute atomic E-state index is 0.495. The van der Waals surface area contributed by atoms with Crippen molar-refractivity contribution in [3.8, 4) is 11.3 Å². The Morgan fingerprint density at radius 3 is 2.62 bits per heavy atom. The summed E-state index contributed by atoms with van der Waals surface area (Å²) in [5.41, 5.74) is 4.58. The van der Waals surface area contributed by atoms with Gasteiger partial charge in [0.15, 0.2) is 0 Å². The quantitative estimate of drug-likeness (QED) is 0.273. The number of benzene rings is 1. The van der Waals surface area contributed by atoms with Gasteiger partial charge < -0.3 is 9.30 Å². The van der Waals surface area contributed by atoms with E-state index in [1.54, 1.807) is 0 Å². The Kier molecular flexibility index (Phi) is 5.85. The lowest BCUT2D eigenvalue weighted by molar-refractivity contribution is 0.0909. The van der Waals surface area contributed by atoms with Crippen molar-refractivity contribution in [1.29, 1.82) is 0 Å². The zero-order valence-electron chi connectivity index (χ0n) is 16.1. The van der Waals surface area contributed by atoms with Gasteiger partial charge in [-0.3, -0.25) is 0 Å². The molecule has 0 fully saturated rings. The molecule has 0 spiro atoms. The van der Waals surface area contributed by atoms with Crippen molar-refractivity contribution in [2.45, 2.75) is 45.8 Å². The molecule has 0 aliphatic rings. The molecule has 0 bridgehead atoms. The van der Waals surface area contributed by atoms with Crippen molar-refractivity contribution < 1.29 is 4.74 Å². The van der Waals surface area contributed by atoms with Crippen LogP contribution >= 0.6 is 11.6 Å². The number of aromatic nitrogens is 2. The SMILES string of the molecule is CCc1ccccc1-c1cc2ccc(Cl)nc2n1COCC[Si](C)(C)C. The number of rotatable bonds is 7. The highest BCUT2D eigenvalue weighted by Crippen LogP contribution is 2.31. The third-order valence-corrected chi connectivity index (χ3v) is 6.52. The first kappa shape index (κ1) is 19.1. The van der Waals surface area contributed by atoms with Crippen LogP contribution in [0.5, 0.6) is 0 Å². The average Bonchev–Trinajstić information content (AvgIpc) is 2.95. The Balaban J connectivity index is 1.99. The molecule has 26 heavy (non-hydrogen) atoms. The van der Waals surface area contributed by atoms with Crippen LogP contribution in [0.1, 0.15) is 12.5 Å². The second-order valence-corrected chi connectivity index (χ2v) is 13.9. The molecule has 0 amide bonds. The predicted octanol–water partition coefficient (Wildman–Crippen LogP) is 6.23. The highest BCUT2D eigenvalue weighted by Gasteiger charge is 2.16. The van der Waals surface area contributed by atoms with Gasteiger partial charge in [-0.1, -0.05) is 62.4 Å². The maximum atomic E-state index is 6.17. The largest absolute Gasteiger partial charge is 0.361 e. The van der Waals surface area contributed by atoms with E-state index < -0.39 is 8.07 Å². The molecule has 3 nitrogen and oxygen atoms in total. The minimum Gasteiger partial charge on any atom is -0.361 e. The molecule has 0 saturated heterocycles. The van der Waals surface area contributed by atoms with Crippen LogP contribution in [0, 0.1) is 0 Å². The fourth-order valence-electron chi connectivity index (χ4n) is 3.07. The summed E-state index contributed by atoms with van der Waals surface area (Å²) >= 11 is 6.17. The molecule has 2 heterocycles. The van der Waals surface area contributed by atoms with Gasteiger partial charge in [0.1, 0.15) is 17.5 Å². The van der Waals surface area contributed by atoms with E-state index in [-0.39, 0.29) is 0 Å². The lowest BCUT2D eigenvalue weighted by Crippen LogP contribution is -2.22. The van der Waals surface area contributed by atoms with Gasteiger partial charge in [-0.15, -0.1) is 0 Å². The third-order valence-electron chi connectivity index (χ3n) is 4.60. The van der Waals surface area contributed by atoms with Crippen LogP contribution in [-0.4, -0.2) is 24.2 Å². The molecule has 3 aromatic rings. The molecule has 0 aliphatic heterocycles. The van der Waals surface area contributed by atoms with Crippen LogP contribution in [0.2, 0.25) is 30.8 Å². The normalized spacial score (nSPS) is 12.0. The molecule has 0 radical (unpaired) electrons. The van der Waals surface area contributed by atoms with Crippen LogP contribution in [0.3, 0.4) is 0 Å². The van der Waals surface area contributed by atoms with Crippen molar-refractivity contribution in [1.82, 2.24) is 9.55 Å². The summed E-state index contributed by atoms with van der Waals surface area (Å²) in [6.45, 7) is 10.6. The Bertz CT molecular complexity index is 899. The molecule has 1 aromatic carbocycles. The Morgan fingerprint density at radius 2 is 1.88 bits per heavy atom. The second kappa shape index (κ2) is 7.95. The Morgan fingerprint density at radius 1 is 1.12 bits per heavy atom. The molecule has 5 heteroatoms. The highest BCUT2D eigenvalue weighted by molar-refractivity contribution is 6.76. The number of pyridine rings is 1. The number of ether oxygens (including phenoxy) is 1. The summed E-state index contributed by atoms with van der Waals surface area (Å²) in [6, 6.07) is 15.8. The molecular weight excluding hydrogens is 360 g/mol. The molecule has 0 N–H and O–H groups in total. The maximum Gasteiger partial charge on any atom is 0.144 e. The summed E-state index contributed by atoms with van der Waals surface area (Å²) in [5, 5.41) is 1.60. The third kappa shape index (κ3) is 4.37. The van der Waals surface area contributed by atoms with Crippen LogP contribution in [0.4, 0.5) is 0 Å². The number of nitrogens with zero attached hydrogens (tertiary/aromatic N) is 2. The first-order valence-corrected chi connectivity index (χ1v) is 13.3. The van der Waals surface area contributed by atoms with E-state index in [9.17, 15) is 0 Å². The number of halogens is 1. The van der Waals surface area contributed by atoms with E-state index in [4.69, 9.17) is 16.3 Å². The zero-order valence-corrected chi connectivity index (χ0v) is 17.8. The molecule has 2 aromatic heterocycles. The van der Waals surface area contributed by atoms with Crippen LogP contribution < -0.4 is 0 Å². The molecular formula is C21H27ClN2OSi. The number of aryl methyl sites for hydroxylation is 1. The van der Waals surface area contributed by atoms with E-state index in [1.165, 1.54) is 11.1 Å². The topological polar surface area (TPSA) is 27.1 Å². The van der Waals surface area contributed by atoms with Gasteiger partial charge in [0.25, 0.3) is 0 Å². The first-order valence-electron chi connectivity index (χ1n) is 9.21. The van der Waals surface area contributed by atoms with Gasteiger partial charge in [-0.25, -0.2) is 4.98 Å². The van der Waals surface area contributed by atoms with Gasteiger partial charge in [0.05, 0.1) is 5.69 Å². The van der Waals surface area contributed by atoms with E-state index in [2.05, 4.69) is 66.4 Å². The number of hydrogen-bond donors (Lipinski definition) is 0. The summed E-state index contributed by atoms with van der Waals surface area (Å²) < 4.78 is 8.21. The van der Waals surface area contributed by atoms with Crippen molar-refractivity contribution in [3.05, 3.63) is 53.2 Å². The molecule has 138 valence electrons. The van der Waals surface area contributed by atoms with E-state index >= 15 is 0 Å². The standard InChI is InChI=1S/C21H27ClN2OSi/c1-5-16-8-6-7-9-18(16)19-14-17-10-11-20(22)23-21(17)24(19)15-25-12-13-26(2,3)4/h6-11,14H,5,12-13,15H2,1-4H3. The molecule has 0 atom stereocenters. The number of fused-ring (bicyclic) bond motifs is 1. The lowest BCUT2D eigenvalue weighted by Gasteiger charge is -2.17. The fourth-order valence-corrected chi connectivity index (χ4v) is 3.97. The van der Waals surface area contributed by atoms with E-state index in [0.717, 1.165) is 35.8 Å². The van der Waals surface area contributed by atoms with Crippen LogP contribution in [-0.2, 0) is 17.9 Å². The lowest BCUT2D eigenvalue weighted by atomic mass is 10.0. The summed E-state index contributed by atoms with van der Waals surface area (Å²) in [5.74, 6) is 0. The van der Waals surface area contributed by atoms with Gasteiger partial charge in [0, 0.05) is 25.6 Å². The van der Waals surface area contributed by atoms with Gasteiger partial charge in [-0.2, -0.15) is 0 Å². The van der Waals surface area contributed by atoms with Crippen molar-refractivity contribution in [2.24, 2.45) is 0 Å². The summed E-state index contributed by atoms with van der Waals surface area (Å²) in [4.78, 5) is 4.56. The van der Waals surface area contributed by atoms with Crippen molar-refractivity contribution >= 4 is 30.7 Å². The summed E-state index contributed by atoms with van der Waals surface area (Å²) in [7, 11) is -1.11. The maximum absolute atomic E-state index is 6.17. The van der Waals surface area contributed by atoms with Gasteiger partial charge in [0.2, 0.25) is 0 Å². The van der Waals surface area contributed by atoms with E-state index in [0.29, 0.717) is 11.9 Å². The monoisotopic (exact) mass is 386 g/mol. The molecule has 0 aliphatic carbocycles. The van der Waals surface area contributed by atoms with Crippen molar-refractivity contribution in [3.63, 3.8) is 0 Å². The van der Waals surface area contributed by atoms with Gasteiger partial charge >= 0.3 is 0 Å². The van der Waals surface area contributed by atoms with E-state index in [1.807, 2.05) is 12.1 Å². The Hall–Kier alpha value is -1.62. The first-order chi connectivity index (χ1) is 12.4. The van der Waals surface area contributed by atoms with Crippen molar-refractivity contribution in [2.75, 3.05) is 6.61 Å². The second-order valence-electron chi connectivity index (χ2n) is 7.86. The average molecular weight is 387 g/mol. The minimum atomic E-state index is -1.11. The van der Waals surface area contributed by atoms with Crippen LogP contribution in [0.25, 0.3) is 22.3 Å². The smallest absolute Gasteiger partial charge is 0.144 e. The van der Waals surface area contributed by atoms with Crippen LogP contribution in [0.15, 0.2) is 42.5 Å². The molecule has 3 rings (SSSR count). The zero-order chi connectivity index (χ0) is 18.7. The Labute approximate surface area is 162 Å². The molecule has 0 saturated carbocycles. The fraction of sp³-hybridized carbons (Fsp3) is 0.381. The molecule has 0 unspecified atom stereocenters. The van der Waals surface area contributed by atoms with Gasteiger partial charge in [-0.05, 0) is 36.2 Å².